The Kier molecular flexibility index (Phi) is 1.47. The number of urea groups is 1. The molecule has 3 fully saturated rings. The van der Waals surface area contributed by atoms with E-state index in [1.54, 1.807) is 0 Å². The Bertz CT molecular complexity index is 285. The summed E-state index contributed by atoms with van der Waals surface area (Å²) in [6, 6.07) is 0.0587. The van der Waals surface area contributed by atoms with Gasteiger partial charge in [0, 0.05) is 6.04 Å². The van der Waals surface area contributed by atoms with Gasteiger partial charge in [-0.25, -0.2) is 4.79 Å². The molecule has 1 saturated heterocycles. The topological polar surface area (TPSA) is 49.4 Å². The highest BCUT2D eigenvalue weighted by molar-refractivity contribution is 5.98. The van der Waals surface area contributed by atoms with Gasteiger partial charge >= 0.3 is 6.03 Å². The lowest BCUT2D eigenvalue weighted by Crippen LogP contribution is -2.65. The lowest BCUT2D eigenvalue weighted by molar-refractivity contribution is -0.133. The van der Waals surface area contributed by atoms with Crippen molar-refractivity contribution in [1.82, 2.24) is 10.2 Å². The van der Waals surface area contributed by atoms with Crippen LogP contribution in [0.4, 0.5) is 4.79 Å². The maximum absolute atomic E-state index is 11.8. The fourth-order valence-electron chi connectivity index (χ4n) is 2.43. The Hall–Kier alpha value is -1.06. The molecule has 0 aromatic rings. The van der Waals surface area contributed by atoms with E-state index < -0.39 is 0 Å². The van der Waals surface area contributed by atoms with E-state index in [9.17, 15) is 9.59 Å². The number of carbonyl (C=O) groups excluding carboxylic acids is 2. The van der Waals surface area contributed by atoms with Crippen LogP contribution in [0, 0.1) is 0 Å². The molecule has 3 rings (SSSR count). The van der Waals surface area contributed by atoms with Crippen LogP contribution in [0.25, 0.3) is 0 Å². The van der Waals surface area contributed by atoms with Crippen LogP contribution in [-0.2, 0) is 4.79 Å². The molecule has 1 spiro atoms. The Morgan fingerprint density at radius 1 is 1.29 bits per heavy atom. The summed E-state index contributed by atoms with van der Waals surface area (Å²) >= 11 is 0. The quantitative estimate of drug-likeness (QED) is 0.677. The fraction of sp³-hybridized carbons (Fsp3) is 0.800. The van der Waals surface area contributed by atoms with E-state index in [-0.39, 0.29) is 23.5 Å². The van der Waals surface area contributed by atoms with E-state index >= 15 is 0 Å². The van der Waals surface area contributed by atoms with E-state index in [4.69, 9.17) is 0 Å². The van der Waals surface area contributed by atoms with Crippen LogP contribution in [0.5, 0.6) is 0 Å². The molecule has 2 aliphatic carbocycles. The van der Waals surface area contributed by atoms with Gasteiger partial charge in [0.2, 0.25) is 5.91 Å². The van der Waals surface area contributed by atoms with Crippen molar-refractivity contribution in [2.75, 3.05) is 0 Å². The molecule has 1 aliphatic heterocycles. The average Bonchev–Trinajstić information content (AvgIpc) is 2.84. The fourth-order valence-corrected chi connectivity index (χ4v) is 2.43. The van der Waals surface area contributed by atoms with Crippen molar-refractivity contribution in [3.63, 3.8) is 0 Å². The number of nitrogens with zero attached hydrogens (tertiary/aromatic N) is 1. The lowest BCUT2D eigenvalue weighted by Gasteiger charge is -2.47. The van der Waals surface area contributed by atoms with E-state index in [1.165, 1.54) is 4.90 Å². The summed E-state index contributed by atoms with van der Waals surface area (Å²) in [6.45, 7) is 0. The second-order valence-electron chi connectivity index (χ2n) is 4.74. The predicted octanol–water partition coefficient (Wildman–Crippen LogP) is 1.01. The first-order valence-electron chi connectivity index (χ1n) is 5.34. The maximum Gasteiger partial charge on any atom is 0.324 e. The highest BCUT2D eigenvalue weighted by atomic mass is 16.2. The van der Waals surface area contributed by atoms with Crippen LogP contribution >= 0.6 is 0 Å². The molecule has 0 bridgehead atoms. The van der Waals surface area contributed by atoms with Crippen molar-refractivity contribution in [3.8, 4) is 0 Å². The van der Waals surface area contributed by atoms with Gasteiger partial charge in [-0.2, -0.15) is 0 Å². The Morgan fingerprint density at radius 2 is 2.00 bits per heavy atom. The van der Waals surface area contributed by atoms with E-state index in [1.807, 2.05) is 0 Å². The molecule has 14 heavy (non-hydrogen) atoms. The van der Waals surface area contributed by atoms with E-state index in [2.05, 4.69) is 5.32 Å². The van der Waals surface area contributed by atoms with Crippen LogP contribution in [-0.4, -0.2) is 28.4 Å². The summed E-state index contributed by atoms with van der Waals surface area (Å²) in [5.41, 5.74) is -0.153. The van der Waals surface area contributed by atoms with Gasteiger partial charge in [0.05, 0.1) is 12.0 Å². The average molecular weight is 194 g/mol. The minimum atomic E-state index is -0.153. The zero-order valence-corrected chi connectivity index (χ0v) is 8.08. The molecule has 2 saturated carbocycles. The van der Waals surface area contributed by atoms with E-state index in [0.717, 1.165) is 32.1 Å². The molecule has 0 aromatic heterocycles. The van der Waals surface area contributed by atoms with Gasteiger partial charge in [-0.15, -0.1) is 0 Å². The largest absolute Gasteiger partial charge is 0.332 e. The van der Waals surface area contributed by atoms with Gasteiger partial charge in [0.1, 0.15) is 0 Å². The summed E-state index contributed by atoms with van der Waals surface area (Å²) in [5, 5.41) is 3.00. The highest BCUT2D eigenvalue weighted by Crippen LogP contribution is 2.40. The second kappa shape index (κ2) is 2.49. The Balaban J connectivity index is 1.79. The molecule has 0 radical (unpaired) electrons. The predicted molar refractivity (Wildman–Crippen MR) is 49.6 cm³/mol. The van der Waals surface area contributed by atoms with Gasteiger partial charge in [-0.3, -0.25) is 9.69 Å². The summed E-state index contributed by atoms with van der Waals surface area (Å²) < 4.78 is 0. The minimum Gasteiger partial charge on any atom is -0.332 e. The van der Waals surface area contributed by atoms with Crippen molar-refractivity contribution >= 4 is 11.9 Å². The van der Waals surface area contributed by atoms with Crippen LogP contribution in [0.3, 0.4) is 0 Å². The minimum absolute atomic E-state index is 0.0379. The van der Waals surface area contributed by atoms with Crippen LogP contribution in [0.15, 0.2) is 0 Å². The Labute approximate surface area is 82.6 Å². The normalized spacial score (nSPS) is 30.1. The van der Waals surface area contributed by atoms with Gasteiger partial charge in [-0.05, 0) is 32.1 Å². The van der Waals surface area contributed by atoms with Crippen molar-refractivity contribution < 1.29 is 9.59 Å². The monoisotopic (exact) mass is 194 g/mol. The van der Waals surface area contributed by atoms with Gasteiger partial charge in [0.15, 0.2) is 0 Å². The smallest absolute Gasteiger partial charge is 0.324 e. The number of amides is 3. The molecular formula is C10H14N2O2. The first kappa shape index (κ1) is 8.26. The van der Waals surface area contributed by atoms with Crippen molar-refractivity contribution in [2.24, 2.45) is 0 Å². The summed E-state index contributed by atoms with van der Waals surface area (Å²) in [5.74, 6) is 0.0379. The first-order chi connectivity index (χ1) is 6.70. The molecule has 4 nitrogen and oxygen atoms in total. The maximum atomic E-state index is 11.8. The number of nitrogens with one attached hydrogen (secondary N) is 1. The third kappa shape index (κ3) is 1.06. The van der Waals surface area contributed by atoms with E-state index in [0.29, 0.717) is 6.42 Å². The molecule has 3 aliphatic rings. The van der Waals surface area contributed by atoms with Crippen LogP contribution in [0.2, 0.25) is 0 Å². The molecule has 76 valence electrons. The second-order valence-corrected chi connectivity index (χ2v) is 4.74. The first-order valence-corrected chi connectivity index (χ1v) is 5.34. The van der Waals surface area contributed by atoms with Crippen molar-refractivity contribution in [1.29, 1.82) is 0 Å². The summed E-state index contributed by atoms with van der Waals surface area (Å²) in [4.78, 5) is 24.9. The third-order valence-electron chi connectivity index (χ3n) is 3.57. The number of rotatable bonds is 1. The summed E-state index contributed by atoms with van der Waals surface area (Å²) in [7, 11) is 0. The molecule has 0 atom stereocenters. The molecule has 1 N–H and O–H groups in total. The molecular weight excluding hydrogens is 180 g/mol. The lowest BCUT2D eigenvalue weighted by atomic mass is 9.73. The highest BCUT2D eigenvalue weighted by Gasteiger charge is 2.50. The molecule has 0 unspecified atom stereocenters. The number of hydrogen-bond acceptors (Lipinski definition) is 2. The van der Waals surface area contributed by atoms with Gasteiger partial charge in [-0.1, -0.05) is 0 Å². The third-order valence-corrected chi connectivity index (χ3v) is 3.57. The molecule has 4 heteroatoms. The van der Waals surface area contributed by atoms with Gasteiger partial charge < -0.3 is 5.32 Å². The zero-order valence-electron chi connectivity index (χ0n) is 8.08. The summed E-state index contributed by atoms with van der Waals surface area (Å²) in [6.07, 6.45) is 5.59. The van der Waals surface area contributed by atoms with Crippen LogP contribution in [0.1, 0.15) is 38.5 Å². The number of carbonyl (C=O) groups is 2. The standard InChI is InChI=1S/C10H14N2O2/c13-8-6-10(4-1-5-10)11-9(14)12(8)7-2-3-7/h7H,1-6H2,(H,11,14). The van der Waals surface area contributed by atoms with Crippen LogP contribution < -0.4 is 5.32 Å². The SMILES string of the molecule is O=C1CC2(CCC2)NC(=O)N1C1CC1. The van der Waals surface area contributed by atoms with Gasteiger partial charge in [0.25, 0.3) is 0 Å². The number of imide groups is 1. The van der Waals surface area contributed by atoms with Crippen molar-refractivity contribution in [2.45, 2.75) is 50.1 Å². The molecule has 3 amide bonds. The molecule has 0 aromatic carbocycles. The number of hydrogen-bond donors (Lipinski definition) is 1. The Morgan fingerprint density at radius 3 is 2.43 bits per heavy atom. The molecule has 1 heterocycles. The zero-order chi connectivity index (χ0) is 9.76. The van der Waals surface area contributed by atoms with Crippen molar-refractivity contribution in [3.05, 3.63) is 0 Å².